The molecule has 3 atom stereocenters. The average Bonchev–Trinajstić information content (AvgIpc) is 2.42. The van der Waals surface area contributed by atoms with Gasteiger partial charge in [0.05, 0.1) is 0 Å². The molecular weight excluding hydrogens is 256 g/mol. The van der Waals surface area contributed by atoms with Gasteiger partial charge >= 0.3 is 0 Å². The Labute approximate surface area is 130 Å². The topological polar surface area (TPSA) is 17.1 Å². The quantitative estimate of drug-likeness (QED) is 0.493. The number of rotatable bonds is 4. The second-order valence-corrected chi connectivity index (χ2v) is 7.85. The van der Waals surface area contributed by atoms with Crippen LogP contribution in [0, 0.1) is 22.7 Å². The molecule has 2 aliphatic rings. The van der Waals surface area contributed by atoms with E-state index in [0.717, 1.165) is 44.1 Å². The number of Topliss-reactive ketones (excluding diaryl/α,β-unsaturated/α-hetero) is 1. The Kier molecular flexibility index (Phi) is 4.33. The standard InChI is InChI=1S/C20H30O/c1-7-14(2)8-10-16-15(3)9-11-17-19(4,5)18(21)12-13-20(16,17)6/h7,16-17H,1-3,8-13H2,4-6H3/t16-,17-,20+/m0/s1. The molecule has 0 aliphatic heterocycles. The summed E-state index contributed by atoms with van der Waals surface area (Å²) >= 11 is 0. The molecule has 0 aromatic carbocycles. The summed E-state index contributed by atoms with van der Waals surface area (Å²) in [7, 11) is 0. The Balaban J connectivity index is 2.27. The van der Waals surface area contributed by atoms with Gasteiger partial charge in [0.1, 0.15) is 5.78 Å². The first kappa shape index (κ1) is 16.3. The molecule has 0 aromatic heterocycles. The molecule has 0 heterocycles. The molecule has 0 radical (unpaired) electrons. The van der Waals surface area contributed by atoms with E-state index in [2.05, 4.69) is 40.5 Å². The van der Waals surface area contributed by atoms with Crippen LogP contribution in [-0.2, 0) is 4.79 Å². The van der Waals surface area contributed by atoms with Gasteiger partial charge in [-0.15, -0.1) is 0 Å². The zero-order valence-electron chi connectivity index (χ0n) is 14.0. The van der Waals surface area contributed by atoms with Gasteiger partial charge in [-0.3, -0.25) is 4.79 Å². The van der Waals surface area contributed by atoms with E-state index in [-0.39, 0.29) is 10.8 Å². The Morgan fingerprint density at radius 1 is 1.33 bits per heavy atom. The molecule has 0 N–H and O–H groups in total. The van der Waals surface area contributed by atoms with Crippen molar-refractivity contribution in [2.75, 3.05) is 0 Å². The van der Waals surface area contributed by atoms with Crippen LogP contribution in [0.25, 0.3) is 0 Å². The van der Waals surface area contributed by atoms with Gasteiger partial charge in [0.2, 0.25) is 0 Å². The molecule has 2 aliphatic carbocycles. The van der Waals surface area contributed by atoms with Gasteiger partial charge in [0.15, 0.2) is 0 Å². The van der Waals surface area contributed by atoms with Crippen molar-refractivity contribution < 1.29 is 4.79 Å². The fourth-order valence-corrected chi connectivity index (χ4v) is 4.94. The summed E-state index contributed by atoms with van der Waals surface area (Å²) in [5, 5.41) is 0. The molecule has 1 nitrogen and oxygen atoms in total. The van der Waals surface area contributed by atoms with Gasteiger partial charge < -0.3 is 0 Å². The van der Waals surface area contributed by atoms with Gasteiger partial charge in [-0.05, 0) is 49.4 Å². The highest BCUT2D eigenvalue weighted by Crippen LogP contribution is 2.60. The van der Waals surface area contributed by atoms with Gasteiger partial charge in [0, 0.05) is 11.8 Å². The van der Waals surface area contributed by atoms with Crippen molar-refractivity contribution in [2.24, 2.45) is 22.7 Å². The number of ketones is 1. The third kappa shape index (κ3) is 2.67. The van der Waals surface area contributed by atoms with Crippen molar-refractivity contribution >= 4 is 5.78 Å². The maximum absolute atomic E-state index is 12.4. The van der Waals surface area contributed by atoms with Gasteiger partial charge in [-0.2, -0.15) is 0 Å². The zero-order valence-corrected chi connectivity index (χ0v) is 14.0. The third-order valence-electron chi connectivity index (χ3n) is 6.36. The van der Waals surface area contributed by atoms with E-state index >= 15 is 0 Å². The number of allylic oxidation sites excluding steroid dienone is 3. The van der Waals surface area contributed by atoms with E-state index < -0.39 is 0 Å². The van der Waals surface area contributed by atoms with E-state index in [1.807, 2.05) is 6.08 Å². The average molecular weight is 286 g/mol. The predicted octanol–water partition coefficient (Wildman–Crippen LogP) is 5.49. The molecule has 0 saturated heterocycles. The maximum Gasteiger partial charge on any atom is 0.138 e. The lowest BCUT2D eigenvalue weighted by atomic mass is 9.47. The summed E-state index contributed by atoms with van der Waals surface area (Å²) in [6.45, 7) is 18.9. The number of carbonyl (C=O) groups is 1. The van der Waals surface area contributed by atoms with Crippen LogP contribution in [0.4, 0.5) is 0 Å². The summed E-state index contributed by atoms with van der Waals surface area (Å²) in [5.74, 6) is 1.45. The minimum atomic E-state index is -0.179. The molecule has 116 valence electrons. The Bertz CT molecular complexity index is 482. The molecule has 0 spiro atoms. The van der Waals surface area contributed by atoms with Crippen LogP contribution in [0.15, 0.2) is 37.0 Å². The number of fused-ring (bicyclic) bond motifs is 1. The minimum absolute atomic E-state index is 0.179. The second-order valence-electron chi connectivity index (χ2n) is 7.85. The zero-order chi connectivity index (χ0) is 15.8. The lowest BCUT2D eigenvalue weighted by Crippen LogP contribution is -2.53. The number of carbonyl (C=O) groups excluding carboxylic acids is 1. The van der Waals surface area contributed by atoms with E-state index in [9.17, 15) is 4.79 Å². The molecule has 2 saturated carbocycles. The van der Waals surface area contributed by atoms with Crippen LogP contribution in [0.2, 0.25) is 0 Å². The maximum atomic E-state index is 12.4. The first-order valence-electron chi connectivity index (χ1n) is 8.24. The van der Waals surface area contributed by atoms with Crippen LogP contribution in [0.1, 0.15) is 59.3 Å². The van der Waals surface area contributed by atoms with Gasteiger partial charge in [-0.1, -0.05) is 57.7 Å². The second kappa shape index (κ2) is 5.59. The monoisotopic (exact) mass is 286 g/mol. The molecule has 2 fully saturated rings. The Morgan fingerprint density at radius 2 is 2.00 bits per heavy atom. The van der Waals surface area contributed by atoms with Crippen molar-refractivity contribution in [3.8, 4) is 0 Å². The Morgan fingerprint density at radius 3 is 2.62 bits per heavy atom. The predicted molar refractivity (Wildman–Crippen MR) is 90.1 cm³/mol. The summed E-state index contributed by atoms with van der Waals surface area (Å²) in [4.78, 5) is 12.4. The van der Waals surface area contributed by atoms with E-state index in [1.165, 1.54) is 5.57 Å². The molecular formula is C20H30O. The van der Waals surface area contributed by atoms with Gasteiger partial charge in [0.25, 0.3) is 0 Å². The lowest BCUT2D eigenvalue weighted by Gasteiger charge is -2.57. The largest absolute Gasteiger partial charge is 0.299 e. The highest BCUT2D eigenvalue weighted by Gasteiger charge is 2.55. The molecule has 2 rings (SSSR count). The number of hydrogen-bond donors (Lipinski definition) is 0. The van der Waals surface area contributed by atoms with Crippen LogP contribution >= 0.6 is 0 Å². The molecule has 0 amide bonds. The lowest BCUT2D eigenvalue weighted by molar-refractivity contribution is -0.144. The normalized spacial score (nSPS) is 35.2. The minimum Gasteiger partial charge on any atom is -0.299 e. The summed E-state index contributed by atoms with van der Waals surface area (Å²) in [5.41, 5.74) is 2.53. The van der Waals surface area contributed by atoms with Crippen molar-refractivity contribution in [3.05, 3.63) is 37.0 Å². The van der Waals surface area contributed by atoms with Crippen LogP contribution in [0.3, 0.4) is 0 Å². The third-order valence-corrected chi connectivity index (χ3v) is 6.36. The Hall–Kier alpha value is -1.11. The highest BCUT2D eigenvalue weighted by atomic mass is 16.1. The van der Waals surface area contributed by atoms with E-state index in [4.69, 9.17) is 0 Å². The van der Waals surface area contributed by atoms with Crippen molar-refractivity contribution in [1.82, 2.24) is 0 Å². The van der Waals surface area contributed by atoms with Crippen molar-refractivity contribution in [3.63, 3.8) is 0 Å². The van der Waals surface area contributed by atoms with Gasteiger partial charge in [-0.25, -0.2) is 0 Å². The summed E-state index contributed by atoms with van der Waals surface area (Å²) in [6.07, 6.45) is 7.89. The summed E-state index contributed by atoms with van der Waals surface area (Å²) in [6, 6.07) is 0. The van der Waals surface area contributed by atoms with E-state index in [0.29, 0.717) is 17.6 Å². The molecule has 0 unspecified atom stereocenters. The van der Waals surface area contributed by atoms with Crippen LogP contribution in [0.5, 0.6) is 0 Å². The highest BCUT2D eigenvalue weighted by molar-refractivity contribution is 5.85. The van der Waals surface area contributed by atoms with Crippen molar-refractivity contribution in [2.45, 2.75) is 59.3 Å². The molecule has 0 bridgehead atoms. The first-order chi connectivity index (χ1) is 9.73. The molecule has 0 aromatic rings. The SMILES string of the molecule is C=CC(=C)CC[C@H]1C(=C)CC[C@H]2C(C)(C)C(=O)CC[C@]12C. The fourth-order valence-electron chi connectivity index (χ4n) is 4.94. The summed E-state index contributed by atoms with van der Waals surface area (Å²) < 4.78 is 0. The fraction of sp³-hybridized carbons (Fsp3) is 0.650. The van der Waals surface area contributed by atoms with Crippen LogP contribution < -0.4 is 0 Å². The smallest absolute Gasteiger partial charge is 0.138 e. The molecule has 1 heteroatoms. The molecule has 21 heavy (non-hydrogen) atoms. The first-order valence-corrected chi connectivity index (χ1v) is 8.24. The van der Waals surface area contributed by atoms with Crippen LogP contribution in [-0.4, -0.2) is 5.78 Å². The number of hydrogen-bond acceptors (Lipinski definition) is 1. The van der Waals surface area contributed by atoms with Crippen molar-refractivity contribution in [1.29, 1.82) is 0 Å². The van der Waals surface area contributed by atoms with E-state index in [1.54, 1.807) is 0 Å².